The number of anilines is 3. The molecule has 190 valence electrons. The Hall–Kier alpha value is -3.93. The van der Waals surface area contributed by atoms with Crippen LogP contribution < -0.4 is 15.4 Å². The summed E-state index contributed by atoms with van der Waals surface area (Å²) >= 11 is 0. The molecular formula is C24H22F4N4O3S. The molecule has 3 rings (SSSR count). The number of hydrogen-bond acceptors (Lipinski definition) is 5. The van der Waals surface area contributed by atoms with Gasteiger partial charge in [-0.05, 0) is 55.0 Å². The second-order valence-corrected chi connectivity index (χ2v) is 9.55. The number of pyridine rings is 1. The fourth-order valence-corrected chi connectivity index (χ4v) is 3.68. The molecule has 0 radical (unpaired) electrons. The summed E-state index contributed by atoms with van der Waals surface area (Å²) < 4.78 is 78.3. The topological polar surface area (TPSA) is 100 Å². The number of aromatic nitrogens is 1. The first-order valence-electron chi connectivity index (χ1n) is 10.5. The molecule has 0 spiro atoms. The van der Waals surface area contributed by atoms with Gasteiger partial charge >= 0.3 is 6.18 Å². The smallest absolute Gasteiger partial charge is 0.346 e. The molecule has 0 saturated heterocycles. The Balaban J connectivity index is 1.76. The lowest BCUT2D eigenvalue weighted by atomic mass is 10.1. The maximum absolute atomic E-state index is 14.2. The van der Waals surface area contributed by atoms with Crippen molar-refractivity contribution in [3.8, 4) is 0 Å². The Kier molecular flexibility index (Phi) is 7.98. The van der Waals surface area contributed by atoms with Gasteiger partial charge in [0.1, 0.15) is 17.3 Å². The van der Waals surface area contributed by atoms with Crippen molar-refractivity contribution in [2.75, 3.05) is 16.3 Å². The number of nitrogens with one attached hydrogen (secondary N) is 3. The summed E-state index contributed by atoms with van der Waals surface area (Å²) in [7, 11) is -3.66. The predicted octanol–water partition coefficient (Wildman–Crippen LogP) is 5.25. The zero-order valence-corrected chi connectivity index (χ0v) is 19.9. The van der Waals surface area contributed by atoms with Crippen molar-refractivity contribution in [3.63, 3.8) is 0 Å². The first-order chi connectivity index (χ1) is 16.8. The molecule has 0 saturated carbocycles. The molecule has 0 aliphatic heterocycles. The SMILES string of the molecule is CC(NC(=O)C=Cc1ccc(C(F)(F)F)nc1Nc1ccccc1)c1ccc(NS(C)(=O)=O)c(F)c1. The molecule has 2 aromatic carbocycles. The average molecular weight is 523 g/mol. The first kappa shape index (κ1) is 26.7. The molecule has 1 unspecified atom stereocenters. The molecule has 3 aromatic rings. The Morgan fingerprint density at radius 2 is 1.75 bits per heavy atom. The van der Waals surface area contributed by atoms with E-state index in [0.29, 0.717) is 11.3 Å². The van der Waals surface area contributed by atoms with E-state index in [-0.39, 0.29) is 17.1 Å². The summed E-state index contributed by atoms with van der Waals surface area (Å²) in [6.45, 7) is 1.59. The molecule has 3 N–H and O–H groups in total. The molecular weight excluding hydrogens is 500 g/mol. The molecule has 0 bridgehead atoms. The second kappa shape index (κ2) is 10.8. The molecule has 0 aliphatic carbocycles. The Morgan fingerprint density at radius 1 is 1.06 bits per heavy atom. The highest BCUT2D eigenvalue weighted by molar-refractivity contribution is 7.92. The van der Waals surface area contributed by atoms with Gasteiger partial charge in [0, 0.05) is 17.3 Å². The van der Waals surface area contributed by atoms with Gasteiger partial charge in [0.2, 0.25) is 15.9 Å². The summed E-state index contributed by atoms with van der Waals surface area (Å²) in [4.78, 5) is 16.1. The van der Waals surface area contributed by atoms with Gasteiger partial charge in [-0.1, -0.05) is 24.3 Å². The number of rotatable bonds is 8. The van der Waals surface area contributed by atoms with Crippen LogP contribution in [0.15, 0.2) is 66.7 Å². The minimum atomic E-state index is -4.65. The van der Waals surface area contributed by atoms with E-state index in [1.807, 2.05) is 4.72 Å². The second-order valence-electron chi connectivity index (χ2n) is 7.80. The summed E-state index contributed by atoms with van der Waals surface area (Å²) in [5.74, 6) is -1.50. The number of alkyl halides is 3. The van der Waals surface area contributed by atoms with Gasteiger partial charge < -0.3 is 10.6 Å². The molecule has 36 heavy (non-hydrogen) atoms. The zero-order chi connectivity index (χ0) is 26.5. The summed E-state index contributed by atoms with van der Waals surface area (Å²) in [5, 5.41) is 5.43. The lowest BCUT2D eigenvalue weighted by Gasteiger charge is -2.15. The summed E-state index contributed by atoms with van der Waals surface area (Å²) in [6.07, 6.45) is -1.33. The average Bonchev–Trinajstić information content (AvgIpc) is 2.78. The monoisotopic (exact) mass is 522 g/mol. The number of hydrogen-bond donors (Lipinski definition) is 3. The van der Waals surface area contributed by atoms with Gasteiger partial charge in [0.25, 0.3) is 0 Å². The third kappa shape index (κ3) is 7.54. The third-order valence-corrected chi connectivity index (χ3v) is 5.41. The molecule has 0 fully saturated rings. The van der Waals surface area contributed by atoms with Crippen LogP contribution in [0.1, 0.15) is 29.8 Å². The Bertz CT molecular complexity index is 1380. The van der Waals surface area contributed by atoms with Gasteiger partial charge in [-0.2, -0.15) is 13.2 Å². The largest absolute Gasteiger partial charge is 0.433 e. The van der Waals surface area contributed by atoms with E-state index < -0.39 is 39.7 Å². The van der Waals surface area contributed by atoms with Gasteiger partial charge in [-0.3, -0.25) is 9.52 Å². The van der Waals surface area contributed by atoms with Gasteiger partial charge in [-0.25, -0.2) is 17.8 Å². The Labute approximate surface area is 205 Å². The van der Waals surface area contributed by atoms with Crippen LogP contribution in [0.3, 0.4) is 0 Å². The van der Waals surface area contributed by atoms with Crippen molar-refractivity contribution >= 4 is 39.2 Å². The highest BCUT2D eigenvalue weighted by Gasteiger charge is 2.33. The van der Waals surface area contributed by atoms with Crippen LogP contribution in [0.4, 0.5) is 34.8 Å². The summed E-state index contributed by atoms with van der Waals surface area (Å²) in [5.41, 5.74) is -0.208. The van der Waals surface area contributed by atoms with Crippen molar-refractivity contribution in [1.82, 2.24) is 10.3 Å². The molecule has 1 heterocycles. The number of nitrogens with zero attached hydrogens (tertiary/aromatic N) is 1. The van der Waals surface area contributed by atoms with Crippen LogP contribution in [0.5, 0.6) is 0 Å². The van der Waals surface area contributed by atoms with E-state index >= 15 is 0 Å². The fraction of sp³-hybridized carbons (Fsp3) is 0.167. The van der Waals surface area contributed by atoms with E-state index in [4.69, 9.17) is 0 Å². The van der Waals surface area contributed by atoms with E-state index in [9.17, 15) is 30.8 Å². The molecule has 7 nitrogen and oxygen atoms in total. The maximum atomic E-state index is 14.2. The van der Waals surface area contributed by atoms with E-state index in [1.54, 1.807) is 37.3 Å². The molecule has 12 heteroatoms. The quantitative estimate of drug-likeness (QED) is 0.277. The van der Waals surface area contributed by atoms with Crippen molar-refractivity contribution in [2.24, 2.45) is 0 Å². The Morgan fingerprint density at radius 3 is 2.36 bits per heavy atom. The first-order valence-corrected chi connectivity index (χ1v) is 12.4. The van der Waals surface area contributed by atoms with Crippen molar-refractivity contribution in [1.29, 1.82) is 0 Å². The number of carbonyl (C=O) groups is 1. The van der Waals surface area contributed by atoms with Crippen molar-refractivity contribution < 1.29 is 30.8 Å². The minimum absolute atomic E-state index is 0.0934. The third-order valence-electron chi connectivity index (χ3n) is 4.81. The standard InChI is InChI=1S/C24H22F4N4O3S/c1-15(17-8-11-20(19(25)14-17)32-36(2,34)35)29-22(33)13-10-16-9-12-21(24(26,27)28)31-23(16)30-18-6-4-3-5-7-18/h3-15,32H,1-2H3,(H,29,33)(H,30,31). The minimum Gasteiger partial charge on any atom is -0.346 e. The fourth-order valence-electron chi connectivity index (χ4n) is 3.11. The predicted molar refractivity (Wildman–Crippen MR) is 129 cm³/mol. The van der Waals surface area contributed by atoms with E-state index in [2.05, 4.69) is 15.6 Å². The number of sulfonamides is 1. The van der Waals surface area contributed by atoms with Crippen LogP contribution in [-0.2, 0) is 21.0 Å². The highest BCUT2D eigenvalue weighted by atomic mass is 32.2. The molecule has 1 amide bonds. The summed E-state index contributed by atoms with van der Waals surface area (Å²) in [6, 6.07) is 13.6. The lowest BCUT2D eigenvalue weighted by molar-refractivity contribution is -0.141. The maximum Gasteiger partial charge on any atom is 0.433 e. The van der Waals surface area contributed by atoms with Gasteiger partial charge in [0.05, 0.1) is 18.0 Å². The number of para-hydroxylation sites is 1. The van der Waals surface area contributed by atoms with Gasteiger partial charge in [0.15, 0.2) is 0 Å². The molecule has 1 aromatic heterocycles. The van der Waals surface area contributed by atoms with Crippen molar-refractivity contribution in [2.45, 2.75) is 19.1 Å². The van der Waals surface area contributed by atoms with Crippen LogP contribution >= 0.6 is 0 Å². The van der Waals surface area contributed by atoms with Crippen LogP contribution in [0, 0.1) is 5.82 Å². The lowest BCUT2D eigenvalue weighted by Crippen LogP contribution is -2.24. The number of carbonyl (C=O) groups excluding carboxylic acids is 1. The van der Waals surface area contributed by atoms with Crippen LogP contribution in [0.25, 0.3) is 6.08 Å². The zero-order valence-electron chi connectivity index (χ0n) is 19.1. The molecule has 0 aliphatic rings. The normalized spacial score (nSPS) is 12.8. The van der Waals surface area contributed by atoms with E-state index in [0.717, 1.165) is 24.5 Å². The highest BCUT2D eigenvalue weighted by Crippen LogP contribution is 2.31. The van der Waals surface area contributed by atoms with Gasteiger partial charge in [-0.15, -0.1) is 0 Å². The van der Waals surface area contributed by atoms with E-state index in [1.165, 1.54) is 24.3 Å². The van der Waals surface area contributed by atoms with Crippen molar-refractivity contribution in [3.05, 3.63) is 89.4 Å². The number of amides is 1. The number of benzene rings is 2. The number of halogens is 4. The molecule has 1 atom stereocenters. The van der Waals surface area contributed by atoms with Crippen LogP contribution in [0.2, 0.25) is 0 Å². The van der Waals surface area contributed by atoms with Crippen LogP contribution in [-0.4, -0.2) is 25.6 Å².